The predicted molar refractivity (Wildman–Crippen MR) is 179 cm³/mol. The van der Waals surface area contributed by atoms with Crippen LogP contribution in [0, 0.1) is 10.8 Å². The Morgan fingerprint density at radius 1 is 0.977 bits per heavy atom. The number of amides is 3. The van der Waals surface area contributed by atoms with Crippen molar-refractivity contribution in [2.75, 3.05) is 40.3 Å². The Balaban J connectivity index is 0.000000220. The molecule has 0 radical (unpaired) electrons. The molecule has 2 heterocycles. The molecule has 0 aromatic heterocycles. The Bertz CT molecular complexity index is 1010. The lowest BCUT2D eigenvalue weighted by Gasteiger charge is -2.35. The Labute approximate surface area is 271 Å². The predicted octanol–water partition coefficient (Wildman–Crippen LogP) is 7.01. The average molecular weight is 640 g/mol. The molecule has 2 aliphatic heterocycles. The summed E-state index contributed by atoms with van der Waals surface area (Å²) in [6, 6.07) is 7.17. The second kappa shape index (κ2) is 17.6. The van der Waals surface area contributed by atoms with Gasteiger partial charge in [-0.3, -0.25) is 19.3 Å². The standard InChI is InChI=1S/C13H15Cl2N.C13H25NO.C5H9NO.C3H7NO/c14-10-1-4-12(13(15)7-10)9-5-6-16(8-9)11-2-3-11;1-12(2,3)11(15)14-10-6-8-13(4,5)9-7-10;7-5-6-3-1-2-4-6;1-4(2)3-5/h1,4,7,9,11H,2-3,5-6,8H2;10H,6-9H2,1-5H3,(H,14,15);5H,1-4H2;3H,1-2H3. The fourth-order valence-electron chi connectivity index (χ4n) is 5.44. The highest BCUT2D eigenvalue weighted by Gasteiger charge is 2.35. The molecule has 244 valence electrons. The van der Waals surface area contributed by atoms with E-state index in [1.807, 2.05) is 32.9 Å². The average Bonchev–Trinajstić information content (AvgIpc) is 3.42. The number of nitrogens with zero attached hydrogens (tertiary/aromatic N) is 3. The van der Waals surface area contributed by atoms with Gasteiger partial charge in [-0.1, -0.05) is 63.9 Å². The molecule has 2 aliphatic carbocycles. The maximum absolute atomic E-state index is 11.8. The van der Waals surface area contributed by atoms with E-state index < -0.39 is 0 Å². The fourth-order valence-corrected chi connectivity index (χ4v) is 6.00. The number of benzene rings is 1. The molecule has 4 aliphatic rings. The molecule has 1 atom stereocenters. The lowest BCUT2D eigenvalue weighted by Crippen LogP contribution is -2.44. The third-order valence-corrected chi connectivity index (χ3v) is 9.10. The van der Waals surface area contributed by atoms with Crippen molar-refractivity contribution in [3.05, 3.63) is 33.8 Å². The molecule has 5 rings (SSSR count). The highest BCUT2D eigenvalue weighted by molar-refractivity contribution is 6.35. The van der Waals surface area contributed by atoms with Gasteiger partial charge in [-0.25, -0.2) is 0 Å². The van der Waals surface area contributed by atoms with Crippen molar-refractivity contribution in [1.29, 1.82) is 0 Å². The number of rotatable bonds is 5. The van der Waals surface area contributed by atoms with Crippen LogP contribution < -0.4 is 5.32 Å². The van der Waals surface area contributed by atoms with E-state index in [9.17, 15) is 14.4 Å². The van der Waals surface area contributed by atoms with Gasteiger partial charge in [0, 0.05) is 61.3 Å². The number of nitrogens with one attached hydrogen (secondary N) is 1. The van der Waals surface area contributed by atoms with Gasteiger partial charge in [0.1, 0.15) is 0 Å². The molecule has 9 heteroatoms. The first-order valence-corrected chi connectivity index (χ1v) is 16.7. The van der Waals surface area contributed by atoms with Crippen LogP contribution in [0.5, 0.6) is 0 Å². The van der Waals surface area contributed by atoms with E-state index in [-0.39, 0.29) is 11.3 Å². The number of carbonyl (C=O) groups excluding carboxylic acids is 3. The van der Waals surface area contributed by atoms with Crippen LogP contribution >= 0.6 is 23.2 Å². The molecule has 43 heavy (non-hydrogen) atoms. The molecule has 1 N–H and O–H groups in total. The monoisotopic (exact) mass is 638 g/mol. The summed E-state index contributed by atoms with van der Waals surface area (Å²) >= 11 is 12.2. The summed E-state index contributed by atoms with van der Waals surface area (Å²) in [5, 5.41) is 4.71. The number of likely N-dealkylation sites (tertiary alicyclic amines) is 2. The second-order valence-corrected chi connectivity index (χ2v) is 15.3. The van der Waals surface area contributed by atoms with Crippen molar-refractivity contribution >= 4 is 41.9 Å². The van der Waals surface area contributed by atoms with Gasteiger partial charge < -0.3 is 15.1 Å². The first-order valence-electron chi connectivity index (χ1n) is 16.0. The summed E-state index contributed by atoms with van der Waals surface area (Å²) in [4.78, 5) is 37.0. The van der Waals surface area contributed by atoms with Gasteiger partial charge >= 0.3 is 0 Å². The van der Waals surface area contributed by atoms with E-state index in [1.165, 1.54) is 68.5 Å². The molecule has 4 fully saturated rings. The molecule has 2 saturated heterocycles. The van der Waals surface area contributed by atoms with Gasteiger partial charge in [-0.15, -0.1) is 0 Å². The van der Waals surface area contributed by atoms with E-state index >= 15 is 0 Å². The molecule has 0 bridgehead atoms. The summed E-state index contributed by atoms with van der Waals surface area (Å²) in [6.07, 6.45) is 12.8. The highest BCUT2D eigenvalue weighted by atomic mass is 35.5. The topological polar surface area (TPSA) is 73.0 Å². The van der Waals surface area contributed by atoms with Gasteiger partial charge in [-0.2, -0.15) is 0 Å². The largest absolute Gasteiger partial charge is 0.353 e. The molecule has 1 aromatic carbocycles. The lowest BCUT2D eigenvalue weighted by molar-refractivity contribution is -0.129. The summed E-state index contributed by atoms with van der Waals surface area (Å²) in [5.74, 6) is 0.789. The van der Waals surface area contributed by atoms with E-state index in [4.69, 9.17) is 23.2 Å². The SMILES string of the molecule is CC1(C)CCC(NC(=O)C(C)(C)C)CC1.CN(C)C=O.Clc1ccc(C2CCN(C3CC3)C2)c(Cl)c1.O=CN1CCCC1. The minimum Gasteiger partial charge on any atom is -0.353 e. The Morgan fingerprint density at radius 2 is 1.56 bits per heavy atom. The second-order valence-electron chi connectivity index (χ2n) is 14.5. The molecule has 1 unspecified atom stereocenters. The highest BCUT2D eigenvalue weighted by Crippen LogP contribution is 2.38. The number of hydrogen-bond donors (Lipinski definition) is 1. The van der Waals surface area contributed by atoms with Crippen LogP contribution in [0.25, 0.3) is 0 Å². The first-order chi connectivity index (χ1) is 20.1. The molecule has 0 spiro atoms. The van der Waals surface area contributed by atoms with Crippen molar-refractivity contribution in [3.63, 3.8) is 0 Å². The third-order valence-electron chi connectivity index (χ3n) is 8.54. The first kappa shape index (κ1) is 37.4. The number of carbonyl (C=O) groups is 3. The van der Waals surface area contributed by atoms with Crippen LogP contribution in [0.1, 0.15) is 104 Å². The van der Waals surface area contributed by atoms with Gasteiger partial charge in [0.2, 0.25) is 18.7 Å². The van der Waals surface area contributed by atoms with Gasteiger partial charge in [0.25, 0.3) is 0 Å². The molecular weight excluding hydrogens is 583 g/mol. The normalized spacial score (nSPS) is 21.7. The molecule has 1 aromatic rings. The van der Waals surface area contributed by atoms with E-state index in [2.05, 4.69) is 30.1 Å². The fraction of sp³-hybridized carbons (Fsp3) is 0.735. The van der Waals surface area contributed by atoms with Crippen LogP contribution in [0.2, 0.25) is 10.0 Å². The van der Waals surface area contributed by atoms with Crippen molar-refractivity contribution in [2.45, 2.75) is 110 Å². The van der Waals surface area contributed by atoms with Crippen LogP contribution in [-0.4, -0.2) is 85.8 Å². The smallest absolute Gasteiger partial charge is 0.225 e. The zero-order chi connectivity index (χ0) is 32.2. The Morgan fingerprint density at radius 3 is 2.00 bits per heavy atom. The van der Waals surface area contributed by atoms with Gasteiger partial charge in [-0.05, 0) is 93.4 Å². The number of hydrogen-bond acceptors (Lipinski definition) is 4. The van der Waals surface area contributed by atoms with Crippen molar-refractivity contribution in [2.24, 2.45) is 10.8 Å². The maximum atomic E-state index is 11.8. The van der Waals surface area contributed by atoms with Gasteiger partial charge in [0.05, 0.1) is 0 Å². The number of halogens is 2. The maximum Gasteiger partial charge on any atom is 0.225 e. The Hall–Kier alpha value is -1.83. The quantitative estimate of drug-likeness (QED) is 0.352. The van der Waals surface area contributed by atoms with Crippen molar-refractivity contribution < 1.29 is 14.4 Å². The van der Waals surface area contributed by atoms with Gasteiger partial charge in [0.15, 0.2) is 0 Å². The van der Waals surface area contributed by atoms with Crippen LogP contribution in [0.4, 0.5) is 0 Å². The Kier molecular flexibility index (Phi) is 15.3. The summed E-state index contributed by atoms with van der Waals surface area (Å²) in [5.41, 5.74) is 1.49. The molecule has 3 amide bonds. The minimum absolute atomic E-state index is 0.187. The van der Waals surface area contributed by atoms with Crippen LogP contribution in [0.3, 0.4) is 0 Å². The van der Waals surface area contributed by atoms with Crippen LogP contribution in [0.15, 0.2) is 18.2 Å². The van der Waals surface area contributed by atoms with E-state index in [0.717, 1.165) is 54.8 Å². The summed E-state index contributed by atoms with van der Waals surface area (Å²) in [6.45, 7) is 14.9. The lowest BCUT2D eigenvalue weighted by atomic mass is 9.75. The molecule has 2 saturated carbocycles. The van der Waals surface area contributed by atoms with Crippen LogP contribution in [-0.2, 0) is 14.4 Å². The molecule has 7 nitrogen and oxygen atoms in total. The summed E-state index contributed by atoms with van der Waals surface area (Å²) < 4.78 is 0. The summed E-state index contributed by atoms with van der Waals surface area (Å²) in [7, 11) is 3.38. The van der Waals surface area contributed by atoms with E-state index in [0.29, 0.717) is 17.4 Å². The zero-order valence-corrected chi connectivity index (χ0v) is 29.1. The third kappa shape index (κ3) is 14.2. The van der Waals surface area contributed by atoms with Crippen molar-refractivity contribution in [3.8, 4) is 0 Å². The van der Waals surface area contributed by atoms with Crippen molar-refractivity contribution in [1.82, 2.24) is 20.0 Å². The minimum atomic E-state index is -0.257. The van der Waals surface area contributed by atoms with E-state index in [1.54, 1.807) is 19.0 Å². The molecular formula is C34H56Cl2N4O3. The zero-order valence-electron chi connectivity index (χ0n) is 27.6.